The maximum absolute atomic E-state index is 11.3. The van der Waals surface area contributed by atoms with Gasteiger partial charge in [0.05, 0.1) is 0 Å². The molecular formula is C13H20N4O4. The fourth-order valence-corrected chi connectivity index (χ4v) is 2.82. The van der Waals surface area contributed by atoms with Crippen LogP contribution in [0.3, 0.4) is 0 Å². The standard InChI is InChI=1S/C13H20N4O4/c1-9-3-4-15(11(7-9)13(18)19)5-6-16-10(2)14-8-12(16)17(20)21/h8-9,11H,3-7H2,1-2H3,(H,18,19). The highest BCUT2D eigenvalue weighted by Crippen LogP contribution is 2.23. The van der Waals surface area contributed by atoms with Crippen LogP contribution in [-0.2, 0) is 11.3 Å². The number of carboxylic acids is 1. The molecule has 2 rings (SSSR count). The van der Waals surface area contributed by atoms with Crippen LogP contribution in [0, 0.1) is 23.0 Å². The molecule has 1 fully saturated rings. The van der Waals surface area contributed by atoms with Crippen LogP contribution in [0.25, 0.3) is 0 Å². The molecule has 0 amide bonds. The third-order valence-corrected chi connectivity index (χ3v) is 4.09. The third-order valence-electron chi connectivity index (χ3n) is 4.09. The summed E-state index contributed by atoms with van der Waals surface area (Å²) >= 11 is 0. The van der Waals surface area contributed by atoms with E-state index in [1.807, 2.05) is 4.90 Å². The van der Waals surface area contributed by atoms with Gasteiger partial charge in [-0.15, -0.1) is 0 Å². The monoisotopic (exact) mass is 296 g/mol. The van der Waals surface area contributed by atoms with Crippen molar-refractivity contribution in [2.24, 2.45) is 5.92 Å². The number of aryl methyl sites for hydroxylation is 1. The van der Waals surface area contributed by atoms with Crippen LogP contribution in [0.5, 0.6) is 0 Å². The molecular weight excluding hydrogens is 276 g/mol. The van der Waals surface area contributed by atoms with E-state index in [2.05, 4.69) is 11.9 Å². The van der Waals surface area contributed by atoms with Crippen LogP contribution in [0.4, 0.5) is 5.82 Å². The lowest BCUT2D eigenvalue weighted by Gasteiger charge is -2.35. The van der Waals surface area contributed by atoms with Gasteiger partial charge in [0.25, 0.3) is 0 Å². The molecule has 0 radical (unpaired) electrons. The van der Waals surface area contributed by atoms with Gasteiger partial charge < -0.3 is 15.2 Å². The molecule has 2 heterocycles. The third kappa shape index (κ3) is 3.38. The summed E-state index contributed by atoms with van der Waals surface area (Å²) in [5.74, 6) is 0.0915. The highest BCUT2D eigenvalue weighted by molar-refractivity contribution is 5.73. The van der Waals surface area contributed by atoms with Gasteiger partial charge in [0, 0.05) is 13.5 Å². The zero-order valence-corrected chi connectivity index (χ0v) is 12.2. The van der Waals surface area contributed by atoms with Crippen molar-refractivity contribution < 1.29 is 14.8 Å². The van der Waals surface area contributed by atoms with E-state index in [-0.39, 0.29) is 5.82 Å². The summed E-state index contributed by atoms with van der Waals surface area (Å²) in [5, 5.41) is 20.3. The molecule has 2 unspecified atom stereocenters. The Bertz CT molecular complexity index is 542. The molecule has 1 aliphatic heterocycles. The molecule has 1 aromatic rings. The average Bonchev–Trinajstić information content (AvgIpc) is 2.78. The highest BCUT2D eigenvalue weighted by atomic mass is 16.6. The number of nitro groups is 1. The minimum Gasteiger partial charge on any atom is -0.480 e. The molecule has 8 nitrogen and oxygen atoms in total. The smallest absolute Gasteiger partial charge is 0.342 e. The van der Waals surface area contributed by atoms with Gasteiger partial charge in [-0.25, -0.2) is 9.55 Å². The summed E-state index contributed by atoms with van der Waals surface area (Å²) in [6.45, 7) is 5.32. The Hall–Kier alpha value is -1.96. The van der Waals surface area contributed by atoms with Crippen molar-refractivity contribution in [1.29, 1.82) is 0 Å². The first-order chi connectivity index (χ1) is 9.90. The number of carboxylic acid groups (broad SMARTS) is 1. The number of hydrogen-bond acceptors (Lipinski definition) is 5. The summed E-state index contributed by atoms with van der Waals surface area (Å²) in [4.78, 5) is 27.7. The molecule has 1 saturated heterocycles. The largest absolute Gasteiger partial charge is 0.480 e. The second-order valence-corrected chi connectivity index (χ2v) is 5.59. The van der Waals surface area contributed by atoms with Gasteiger partial charge >= 0.3 is 11.8 Å². The lowest BCUT2D eigenvalue weighted by atomic mass is 9.92. The van der Waals surface area contributed by atoms with E-state index in [1.165, 1.54) is 10.8 Å². The molecule has 1 N–H and O–H groups in total. The van der Waals surface area contributed by atoms with Gasteiger partial charge in [0.2, 0.25) is 0 Å². The number of imidazole rings is 1. The maximum atomic E-state index is 11.3. The molecule has 0 saturated carbocycles. The quantitative estimate of drug-likeness (QED) is 0.649. The summed E-state index contributed by atoms with van der Waals surface area (Å²) in [6, 6.07) is -0.503. The van der Waals surface area contributed by atoms with Crippen LogP contribution in [0.2, 0.25) is 0 Å². The first-order valence-corrected chi connectivity index (χ1v) is 7.03. The lowest BCUT2D eigenvalue weighted by Crippen LogP contribution is -2.47. The van der Waals surface area contributed by atoms with E-state index in [0.29, 0.717) is 37.8 Å². The fraction of sp³-hybridized carbons (Fsp3) is 0.692. The molecule has 1 aromatic heterocycles. The van der Waals surface area contributed by atoms with Gasteiger partial charge in [0.15, 0.2) is 5.82 Å². The lowest BCUT2D eigenvalue weighted by molar-refractivity contribution is -0.392. The molecule has 0 bridgehead atoms. The van der Waals surface area contributed by atoms with Crippen LogP contribution >= 0.6 is 0 Å². The fourth-order valence-electron chi connectivity index (χ4n) is 2.82. The molecule has 0 spiro atoms. The zero-order chi connectivity index (χ0) is 15.6. The van der Waals surface area contributed by atoms with Crippen molar-refractivity contribution >= 4 is 11.8 Å². The number of likely N-dealkylation sites (tertiary alicyclic amines) is 1. The Labute approximate surface area is 122 Å². The number of rotatable bonds is 5. The summed E-state index contributed by atoms with van der Waals surface area (Å²) in [5.41, 5.74) is 0. The van der Waals surface area contributed by atoms with E-state index < -0.39 is 16.9 Å². The number of aromatic nitrogens is 2. The Balaban J connectivity index is 2.06. The van der Waals surface area contributed by atoms with Gasteiger partial charge in [-0.3, -0.25) is 9.69 Å². The number of nitrogens with zero attached hydrogens (tertiary/aromatic N) is 4. The van der Waals surface area contributed by atoms with Crippen LogP contribution in [-0.4, -0.2) is 49.6 Å². The molecule has 2 atom stereocenters. The van der Waals surface area contributed by atoms with E-state index in [0.717, 1.165) is 6.42 Å². The molecule has 0 aromatic carbocycles. The first-order valence-electron chi connectivity index (χ1n) is 7.03. The second-order valence-electron chi connectivity index (χ2n) is 5.59. The van der Waals surface area contributed by atoms with E-state index in [4.69, 9.17) is 0 Å². The predicted octanol–water partition coefficient (Wildman–Crippen LogP) is 1.28. The van der Waals surface area contributed by atoms with Crippen molar-refractivity contribution in [3.05, 3.63) is 22.1 Å². The van der Waals surface area contributed by atoms with Gasteiger partial charge in [-0.1, -0.05) is 6.92 Å². The zero-order valence-electron chi connectivity index (χ0n) is 12.2. The Morgan fingerprint density at radius 1 is 1.57 bits per heavy atom. The van der Waals surface area contributed by atoms with Crippen LogP contribution in [0.1, 0.15) is 25.6 Å². The molecule has 1 aliphatic rings. The second kappa shape index (κ2) is 6.21. The minimum atomic E-state index is -0.821. The van der Waals surface area contributed by atoms with E-state index >= 15 is 0 Å². The van der Waals surface area contributed by atoms with Crippen LogP contribution < -0.4 is 0 Å². The normalized spacial score (nSPS) is 23.1. The van der Waals surface area contributed by atoms with Crippen molar-refractivity contribution in [1.82, 2.24) is 14.5 Å². The Morgan fingerprint density at radius 3 is 2.90 bits per heavy atom. The number of piperidine rings is 1. The van der Waals surface area contributed by atoms with Crippen molar-refractivity contribution in [2.45, 2.75) is 39.3 Å². The summed E-state index contributed by atoms with van der Waals surface area (Å²) < 4.78 is 1.52. The van der Waals surface area contributed by atoms with Crippen molar-refractivity contribution in [2.75, 3.05) is 13.1 Å². The first kappa shape index (κ1) is 15.4. The predicted molar refractivity (Wildman–Crippen MR) is 75.0 cm³/mol. The van der Waals surface area contributed by atoms with Crippen molar-refractivity contribution in [3.63, 3.8) is 0 Å². The summed E-state index contributed by atoms with van der Waals surface area (Å²) in [7, 11) is 0. The average molecular weight is 296 g/mol. The Morgan fingerprint density at radius 2 is 2.29 bits per heavy atom. The molecule has 116 valence electrons. The van der Waals surface area contributed by atoms with Gasteiger partial charge in [-0.05, 0) is 30.2 Å². The number of hydrogen-bond donors (Lipinski definition) is 1. The van der Waals surface area contributed by atoms with Gasteiger partial charge in [-0.2, -0.15) is 0 Å². The van der Waals surface area contributed by atoms with Crippen LogP contribution in [0.15, 0.2) is 6.20 Å². The maximum Gasteiger partial charge on any atom is 0.342 e. The van der Waals surface area contributed by atoms with Crippen molar-refractivity contribution in [3.8, 4) is 0 Å². The Kier molecular flexibility index (Phi) is 4.56. The summed E-state index contributed by atoms with van der Waals surface area (Å²) in [6.07, 6.45) is 2.82. The van der Waals surface area contributed by atoms with E-state index in [1.54, 1.807) is 6.92 Å². The molecule has 0 aliphatic carbocycles. The SMILES string of the molecule is Cc1ncc([N+](=O)[O-])n1CCN1CCC(C)CC1C(=O)O. The minimum absolute atomic E-state index is 0.0512. The number of aliphatic carboxylic acids is 1. The number of carbonyl (C=O) groups is 1. The highest BCUT2D eigenvalue weighted by Gasteiger charge is 2.32. The molecule has 8 heteroatoms. The molecule has 21 heavy (non-hydrogen) atoms. The van der Waals surface area contributed by atoms with Gasteiger partial charge in [0.1, 0.15) is 18.8 Å². The van der Waals surface area contributed by atoms with E-state index in [9.17, 15) is 20.0 Å². The topological polar surface area (TPSA) is 102 Å².